The number of nitrogens with one attached hydrogen (secondary N) is 1. The first-order valence-electron chi connectivity index (χ1n) is 16.4. The standard InChI is InChI=1S/C38H53NOS2/c1-2-3-4-5-6-7-8-9-10-11-12-13-23-30-37(42)39-31-36(41)32-40-38(33-24-17-14-18-25-33,34-26-19-15-20-27-34)35-28-21-16-22-29-35/h14-22,24-29,36,41H,2-13,23,30-32H2,1H3,(H,39,42). The van der Waals surface area contributed by atoms with E-state index in [1.165, 1.54) is 77.0 Å². The van der Waals surface area contributed by atoms with Gasteiger partial charge in [-0.1, -0.05) is 187 Å². The van der Waals surface area contributed by atoms with Gasteiger partial charge >= 0.3 is 0 Å². The smallest absolute Gasteiger partial charge is 0.143 e. The van der Waals surface area contributed by atoms with E-state index in [9.17, 15) is 0 Å². The molecule has 0 bridgehead atoms. The maximum atomic E-state index is 6.90. The maximum absolute atomic E-state index is 6.90. The zero-order chi connectivity index (χ0) is 29.7. The molecule has 0 spiro atoms. The van der Waals surface area contributed by atoms with Crippen molar-refractivity contribution in [3.8, 4) is 0 Å². The predicted octanol–water partition coefficient (Wildman–Crippen LogP) is 10.7. The number of rotatable bonds is 22. The first-order valence-corrected chi connectivity index (χ1v) is 17.3. The topological polar surface area (TPSA) is 21.3 Å². The van der Waals surface area contributed by atoms with Gasteiger partial charge in [-0.05, 0) is 29.5 Å². The van der Waals surface area contributed by atoms with Gasteiger partial charge in [0, 0.05) is 11.8 Å². The van der Waals surface area contributed by atoms with Crippen LogP contribution in [0.3, 0.4) is 0 Å². The highest BCUT2D eigenvalue weighted by Crippen LogP contribution is 2.40. The van der Waals surface area contributed by atoms with Crippen LogP contribution in [0.2, 0.25) is 0 Å². The van der Waals surface area contributed by atoms with E-state index in [4.69, 9.17) is 29.6 Å². The summed E-state index contributed by atoms with van der Waals surface area (Å²) >= 11 is 10.6. The van der Waals surface area contributed by atoms with Crippen LogP contribution >= 0.6 is 24.8 Å². The van der Waals surface area contributed by atoms with E-state index in [-0.39, 0.29) is 5.25 Å². The molecule has 0 aliphatic heterocycles. The second kappa shape index (κ2) is 20.7. The third kappa shape index (κ3) is 11.9. The van der Waals surface area contributed by atoms with E-state index in [1.807, 2.05) is 18.2 Å². The van der Waals surface area contributed by atoms with Crippen molar-refractivity contribution in [2.75, 3.05) is 13.2 Å². The molecule has 0 aliphatic rings. The van der Waals surface area contributed by atoms with Crippen LogP contribution in [-0.4, -0.2) is 23.4 Å². The van der Waals surface area contributed by atoms with E-state index in [0.717, 1.165) is 34.5 Å². The summed E-state index contributed by atoms with van der Waals surface area (Å²) in [5.74, 6) is 0. The molecule has 0 heterocycles. The van der Waals surface area contributed by atoms with Gasteiger partial charge in [0.15, 0.2) is 0 Å². The Kier molecular flexibility index (Phi) is 16.9. The second-order valence-electron chi connectivity index (χ2n) is 11.5. The molecule has 0 saturated carbocycles. The van der Waals surface area contributed by atoms with Crippen LogP contribution in [-0.2, 0) is 10.3 Å². The van der Waals surface area contributed by atoms with Crippen molar-refractivity contribution in [1.82, 2.24) is 5.32 Å². The average molecular weight is 604 g/mol. The lowest BCUT2D eigenvalue weighted by atomic mass is 9.80. The molecule has 0 fully saturated rings. The summed E-state index contributed by atoms with van der Waals surface area (Å²) in [7, 11) is 0. The summed E-state index contributed by atoms with van der Waals surface area (Å²) < 4.78 is 6.90. The van der Waals surface area contributed by atoms with Crippen LogP contribution in [0.5, 0.6) is 0 Å². The molecule has 0 aromatic heterocycles. The summed E-state index contributed by atoms with van der Waals surface area (Å²) in [6.45, 7) is 3.46. The molecular weight excluding hydrogens is 551 g/mol. The Morgan fingerprint density at radius 3 is 1.43 bits per heavy atom. The third-order valence-corrected chi connectivity index (χ3v) is 8.76. The number of ether oxygens (including phenoxy) is 1. The molecule has 1 unspecified atom stereocenters. The minimum Gasteiger partial charge on any atom is -0.378 e. The summed E-state index contributed by atoms with van der Waals surface area (Å²) in [5.41, 5.74) is 2.59. The Balaban J connectivity index is 1.40. The largest absolute Gasteiger partial charge is 0.378 e. The lowest BCUT2D eigenvalue weighted by Gasteiger charge is -2.36. The highest BCUT2D eigenvalue weighted by molar-refractivity contribution is 7.81. The van der Waals surface area contributed by atoms with Crippen LogP contribution in [0.1, 0.15) is 114 Å². The first kappa shape index (κ1) is 34.4. The predicted molar refractivity (Wildman–Crippen MR) is 189 cm³/mol. The Morgan fingerprint density at radius 2 is 1.02 bits per heavy atom. The Hall–Kier alpha value is -2.14. The summed E-state index contributed by atoms with van der Waals surface area (Å²) in [5, 5.41) is 3.46. The van der Waals surface area contributed by atoms with Crippen LogP contribution in [0, 0.1) is 0 Å². The number of thiol groups is 1. The quantitative estimate of drug-likeness (QED) is 0.0516. The molecule has 0 saturated heterocycles. The Bertz CT molecular complexity index is 993. The Morgan fingerprint density at radius 1 is 0.643 bits per heavy atom. The van der Waals surface area contributed by atoms with Crippen LogP contribution in [0.15, 0.2) is 91.0 Å². The fourth-order valence-electron chi connectivity index (χ4n) is 5.67. The molecule has 0 amide bonds. The van der Waals surface area contributed by atoms with Crippen molar-refractivity contribution in [2.24, 2.45) is 0 Å². The Labute approximate surface area is 267 Å². The molecule has 3 aromatic rings. The van der Waals surface area contributed by atoms with Gasteiger partial charge in [-0.2, -0.15) is 12.6 Å². The minimum atomic E-state index is -0.722. The molecular formula is C38H53NOS2. The highest BCUT2D eigenvalue weighted by atomic mass is 32.1. The maximum Gasteiger partial charge on any atom is 0.143 e. The van der Waals surface area contributed by atoms with Crippen molar-refractivity contribution in [3.05, 3.63) is 108 Å². The molecule has 42 heavy (non-hydrogen) atoms. The van der Waals surface area contributed by atoms with Gasteiger partial charge in [-0.25, -0.2) is 0 Å². The molecule has 228 valence electrons. The van der Waals surface area contributed by atoms with Crippen LogP contribution < -0.4 is 5.32 Å². The average Bonchev–Trinajstić information content (AvgIpc) is 3.04. The van der Waals surface area contributed by atoms with E-state index >= 15 is 0 Å². The van der Waals surface area contributed by atoms with Crippen molar-refractivity contribution in [1.29, 1.82) is 0 Å². The summed E-state index contributed by atoms with van der Waals surface area (Å²) in [6.07, 6.45) is 18.7. The van der Waals surface area contributed by atoms with Gasteiger partial charge in [-0.15, -0.1) is 0 Å². The van der Waals surface area contributed by atoms with Crippen LogP contribution in [0.4, 0.5) is 0 Å². The molecule has 3 aromatic carbocycles. The fourth-order valence-corrected chi connectivity index (χ4v) is 6.07. The van der Waals surface area contributed by atoms with Gasteiger partial charge < -0.3 is 10.1 Å². The van der Waals surface area contributed by atoms with Gasteiger partial charge in [0.05, 0.1) is 11.6 Å². The lowest BCUT2D eigenvalue weighted by Crippen LogP contribution is -2.37. The number of hydrogen-bond acceptors (Lipinski definition) is 3. The van der Waals surface area contributed by atoms with Gasteiger partial charge in [0.1, 0.15) is 5.60 Å². The van der Waals surface area contributed by atoms with Gasteiger partial charge in [0.25, 0.3) is 0 Å². The molecule has 3 rings (SSSR count). The highest BCUT2D eigenvalue weighted by Gasteiger charge is 2.37. The van der Waals surface area contributed by atoms with E-state index in [0.29, 0.717) is 13.2 Å². The molecule has 2 nitrogen and oxygen atoms in total. The first-order chi connectivity index (χ1) is 20.7. The van der Waals surface area contributed by atoms with Gasteiger partial charge in [-0.3, -0.25) is 0 Å². The summed E-state index contributed by atoms with van der Waals surface area (Å²) in [6, 6.07) is 31.5. The number of unbranched alkanes of at least 4 members (excludes halogenated alkanes) is 12. The van der Waals surface area contributed by atoms with Gasteiger partial charge in [0.2, 0.25) is 0 Å². The molecule has 4 heteroatoms. The van der Waals surface area contributed by atoms with Crippen molar-refractivity contribution in [3.63, 3.8) is 0 Å². The van der Waals surface area contributed by atoms with E-state index in [2.05, 4.69) is 85.0 Å². The number of thiocarbonyl (C=S) groups is 1. The second-order valence-corrected chi connectivity index (χ2v) is 12.8. The number of hydrogen-bond donors (Lipinski definition) is 2. The number of benzene rings is 3. The molecule has 1 atom stereocenters. The van der Waals surface area contributed by atoms with Crippen molar-refractivity contribution >= 4 is 29.8 Å². The fraction of sp³-hybridized carbons (Fsp3) is 0.500. The van der Waals surface area contributed by atoms with E-state index < -0.39 is 5.60 Å². The minimum absolute atomic E-state index is 0.00473. The monoisotopic (exact) mass is 603 g/mol. The van der Waals surface area contributed by atoms with E-state index in [1.54, 1.807) is 0 Å². The SMILES string of the molecule is CCCCCCCCCCCCCCCC(=S)NCC(S)COC(c1ccccc1)(c1ccccc1)c1ccccc1. The third-order valence-electron chi connectivity index (χ3n) is 8.08. The molecule has 0 radical (unpaired) electrons. The van der Waals surface area contributed by atoms with Crippen molar-refractivity contribution in [2.45, 2.75) is 108 Å². The zero-order valence-corrected chi connectivity index (χ0v) is 27.5. The molecule has 1 N–H and O–H groups in total. The van der Waals surface area contributed by atoms with Crippen molar-refractivity contribution < 1.29 is 4.74 Å². The van der Waals surface area contributed by atoms with Crippen LogP contribution in [0.25, 0.3) is 0 Å². The normalized spacial score (nSPS) is 12.2. The zero-order valence-electron chi connectivity index (χ0n) is 25.8. The summed E-state index contributed by atoms with van der Waals surface area (Å²) in [4.78, 5) is 0.942. The molecule has 0 aliphatic carbocycles. The lowest BCUT2D eigenvalue weighted by molar-refractivity contribution is 0.0144.